The first-order chi connectivity index (χ1) is 21.0. The summed E-state index contributed by atoms with van der Waals surface area (Å²) >= 11 is 0. The van der Waals surface area contributed by atoms with Crippen LogP contribution in [0.25, 0.3) is 5.82 Å². The normalized spacial score (nSPS) is 15.2. The summed E-state index contributed by atoms with van der Waals surface area (Å²) < 4.78 is 16.9. The van der Waals surface area contributed by atoms with Crippen molar-refractivity contribution in [3.8, 4) is 11.6 Å². The highest BCUT2D eigenvalue weighted by Crippen LogP contribution is 2.29. The van der Waals surface area contributed by atoms with E-state index in [0.29, 0.717) is 50.0 Å². The highest BCUT2D eigenvalue weighted by atomic mass is 16.6. The summed E-state index contributed by atoms with van der Waals surface area (Å²) in [6.45, 7) is 4.81. The number of nitrogen functional groups attached to an aromatic ring is 1. The van der Waals surface area contributed by atoms with Gasteiger partial charge in [0.1, 0.15) is 5.75 Å². The van der Waals surface area contributed by atoms with Gasteiger partial charge in [-0.2, -0.15) is 9.78 Å². The Balaban J connectivity index is 1.18. The zero-order valence-corrected chi connectivity index (χ0v) is 23.5. The number of rotatable bonds is 7. The summed E-state index contributed by atoms with van der Waals surface area (Å²) in [5.41, 5.74) is 12.6. The number of anilines is 2. The fourth-order valence-electron chi connectivity index (χ4n) is 5.01. The van der Waals surface area contributed by atoms with E-state index in [1.807, 2.05) is 12.1 Å². The molecular formula is C28H30N10O5. The van der Waals surface area contributed by atoms with Gasteiger partial charge in [0.2, 0.25) is 11.6 Å². The van der Waals surface area contributed by atoms with Gasteiger partial charge in [-0.1, -0.05) is 23.4 Å². The molecule has 1 fully saturated rings. The Morgan fingerprint density at radius 3 is 2.63 bits per heavy atom. The van der Waals surface area contributed by atoms with E-state index in [1.54, 1.807) is 36.1 Å². The number of hydrazone groups is 1. The van der Waals surface area contributed by atoms with E-state index < -0.39 is 12.0 Å². The molecule has 0 saturated carbocycles. The third-order valence-corrected chi connectivity index (χ3v) is 7.29. The molecule has 0 radical (unpaired) electrons. The highest BCUT2D eigenvalue weighted by Gasteiger charge is 2.27. The molecule has 15 heteroatoms. The monoisotopic (exact) mass is 586 g/mol. The van der Waals surface area contributed by atoms with Crippen molar-refractivity contribution in [3.05, 3.63) is 71.0 Å². The fraction of sp³-hybridized carbons (Fsp3) is 0.321. The maximum absolute atomic E-state index is 13.4. The molecule has 4 aromatic rings. The van der Waals surface area contributed by atoms with Crippen molar-refractivity contribution in [1.29, 1.82) is 0 Å². The molecule has 0 aliphatic carbocycles. The van der Waals surface area contributed by atoms with Gasteiger partial charge in [0.15, 0.2) is 5.69 Å². The Bertz CT molecular complexity index is 1640. The lowest BCUT2D eigenvalue weighted by molar-refractivity contribution is 0.0416. The Kier molecular flexibility index (Phi) is 7.95. The van der Waals surface area contributed by atoms with Crippen LogP contribution < -0.4 is 20.8 Å². The average molecular weight is 587 g/mol. The molecule has 0 bridgehead atoms. The largest absolute Gasteiger partial charge is 0.415 e. The van der Waals surface area contributed by atoms with E-state index in [-0.39, 0.29) is 17.3 Å². The smallest absolute Gasteiger partial charge is 0.410 e. The Labute approximate surface area is 246 Å². The van der Waals surface area contributed by atoms with Crippen LogP contribution >= 0.6 is 0 Å². The van der Waals surface area contributed by atoms with Crippen LogP contribution in [0.2, 0.25) is 0 Å². The van der Waals surface area contributed by atoms with Gasteiger partial charge >= 0.3 is 6.09 Å². The zero-order valence-electron chi connectivity index (χ0n) is 23.5. The number of morpholine rings is 1. The Hall–Kier alpha value is -5.31. The molecule has 6 rings (SSSR count). The first-order valence-electron chi connectivity index (χ1n) is 13.8. The second kappa shape index (κ2) is 12.3. The molecule has 15 nitrogen and oxygen atoms in total. The third kappa shape index (κ3) is 6.01. The molecule has 222 valence electrons. The topological polar surface area (TPSA) is 179 Å². The summed E-state index contributed by atoms with van der Waals surface area (Å²) in [5, 5.41) is 20.1. The van der Waals surface area contributed by atoms with Crippen molar-refractivity contribution < 1.29 is 23.7 Å². The minimum absolute atomic E-state index is 0.0186. The quantitative estimate of drug-likeness (QED) is 0.239. The molecule has 3 N–H and O–H groups in total. The van der Waals surface area contributed by atoms with E-state index in [9.17, 15) is 9.59 Å². The van der Waals surface area contributed by atoms with Crippen molar-refractivity contribution >= 4 is 29.2 Å². The molecule has 2 aromatic carbocycles. The van der Waals surface area contributed by atoms with Crippen LogP contribution in [0.4, 0.5) is 16.3 Å². The van der Waals surface area contributed by atoms with E-state index in [1.165, 1.54) is 10.2 Å². The lowest BCUT2D eigenvalue weighted by Crippen LogP contribution is -2.42. The molecule has 0 atom stereocenters. The number of aryl methyl sites for hydroxylation is 1. The van der Waals surface area contributed by atoms with Crippen LogP contribution in [0.3, 0.4) is 0 Å². The van der Waals surface area contributed by atoms with Crippen LogP contribution in [0, 0.1) is 0 Å². The van der Waals surface area contributed by atoms with Gasteiger partial charge < -0.3 is 25.0 Å². The standard InChI is InChI=1S/C28H30N10O5/c1-18(19-8-10-21(11-9-19)42-28(40)36-13-15-41-16-14-36)30-32-27(39)24-23(38(35-31-24)26-25(29)33-43-34-26)17-37-12-4-6-20-5-2-3-7-22(20)37/h2-3,5,7-11H,4,6,12-17H2,1H3,(H2,29,33)(H,32,39)/b30-18+. The Morgan fingerprint density at radius 2 is 1.86 bits per heavy atom. The van der Waals surface area contributed by atoms with E-state index in [2.05, 4.69) is 48.2 Å². The first-order valence-corrected chi connectivity index (χ1v) is 13.8. The minimum Gasteiger partial charge on any atom is -0.410 e. The van der Waals surface area contributed by atoms with Gasteiger partial charge in [0.05, 0.1) is 31.2 Å². The molecule has 2 amide bonds. The number of amides is 2. The van der Waals surface area contributed by atoms with Gasteiger partial charge in [-0.3, -0.25) is 4.79 Å². The molecule has 0 unspecified atom stereocenters. The van der Waals surface area contributed by atoms with Gasteiger partial charge in [-0.25, -0.2) is 14.8 Å². The van der Waals surface area contributed by atoms with Gasteiger partial charge in [0.25, 0.3) is 5.91 Å². The second-order valence-corrected chi connectivity index (χ2v) is 10.1. The highest BCUT2D eigenvalue weighted by molar-refractivity contribution is 6.00. The number of para-hydroxylation sites is 1. The molecule has 2 aliphatic heterocycles. The molecular weight excluding hydrogens is 556 g/mol. The lowest BCUT2D eigenvalue weighted by atomic mass is 10.0. The summed E-state index contributed by atoms with van der Waals surface area (Å²) in [7, 11) is 0. The summed E-state index contributed by atoms with van der Waals surface area (Å²) in [6.07, 6.45) is 1.51. The van der Waals surface area contributed by atoms with Crippen molar-refractivity contribution in [2.75, 3.05) is 43.5 Å². The van der Waals surface area contributed by atoms with Crippen LogP contribution in [0.5, 0.6) is 5.75 Å². The predicted molar refractivity (Wildman–Crippen MR) is 154 cm³/mol. The van der Waals surface area contributed by atoms with E-state index in [4.69, 9.17) is 19.8 Å². The van der Waals surface area contributed by atoms with Crippen LogP contribution in [0.15, 0.2) is 58.3 Å². The first kappa shape index (κ1) is 27.8. The number of nitrogens with zero attached hydrogens (tertiary/aromatic N) is 8. The van der Waals surface area contributed by atoms with Crippen molar-refractivity contribution in [2.24, 2.45) is 5.10 Å². The van der Waals surface area contributed by atoms with Gasteiger partial charge in [-0.05, 0) is 71.5 Å². The van der Waals surface area contributed by atoms with Crippen molar-refractivity contribution in [1.82, 2.24) is 35.6 Å². The van der Waals surface area contributed by atoms with Gasteiger partial charge in [0, 0.05) is 25.3 Å². The molecule has 1 saturated heterocycles. The molecule has 0 spiro atoms. The lowest BCUT2D eigenvalue weighted by Gasteiger charge is -2.31. The number of carbonyl (C=O) groups is 2. The number of carbonyl (C=O) groups excluding carboxylic acids is 2. The summed E-state index contributed by atoms with van der Waals surface area (Å²) in [4.78, 5) is 29.5. The average Bonchev–Trinajstić information content (AvgIpc) is 3.66. The number of nitrogens with two attached hydrogens (primary N) is 1. The third-order valence-electron chi connectivity index (χ3n) is 7.29. The second-order valence-electron chi connectivity index (χ2n) is 10.1. The van der Waals surface area contributed by atoms with Crippen LogP contribution in [-0.2, 0) is 17.7 Å². The number of ether oxygens (including phenoxy) is 2. The number of fused-ring (bicyclic) bond motifs is 1. The summed E-state index contributed by atoms with van der Waals surface area (Å²) in [5.74, 6) is 0.00208. The zero-order chi connectivity index (χ0) is 29.8. The number of aromatic nitrogens is 5. The SMILES string of the molecule is C/C(=N\NC(=O)c1nnn(-c2nonc2N)c1CN1CCCc2ccccc21)c1ccc(OC(=O)N2CCOCC2)cc1. The maximum atomic E-state index is 13.4. The number of hydrogen-bond donors (Lipinski definition) is 2. The Morgan fingerprint density at radius 1 is 1.07 bits per heavy atom. The van der Waals surface area contributed by atoms with Crippen LogP contribution in [-0.4, -0.2) is 80.8 Å². The van der Waals surface area contributed by atoms with Crippen molar-refractivity contribution in [2.45, 2.75) is 26.3 Å². The molecule has 2 aromatic heterocycles. The summed E-state index contributed by atoms with van der Waals surface area (Å²) in [6, 6.07) is 15.0. The minimum atomic E-state index is -0.558. The molecule has 4 heterocycles. The van der Waals surface area contributed by atoms with E-state index >= 15 is 0 Å². The molecule has 43 heavy (non-hydrogen) atoms. The number of hydrogen-bond acceptors (Lipinski definition) is 12. The molecule has 2 aliphatic rings. The fourth-order valence-corrected chi connectivity index (χ4v) is 5.01. The number of nitrogens with one attached hydrogen (secondary N) is 1. The maximum Gasteiger partial charge on any atom is 0.415 e. The van der Waals surface area contributed by atoms with Gasteiger partial charge in [-0.15, -0.1) is 5.10 Å². The predicted octanol–water partition coefficient (Wildman–Crippen LogP) is 2.17. The van der Waals surface area contributed by atoms with Crippen molar-refractivity contribution in [3.63, 3.8) is 0 Å². The van der Waals surface area contributed by atoms with E-state index in [0.717, 1.165) is 30.6 Å². The van der Waals surface area contributed by atoms with Crippen LogP contribution in [0.1, 0.15) is 40.7 Å². The number of benzene rings is 2.